The van der Waals surface area contributed by atoms with Crippen LogP contribution in [0.4, 0.5) is 5.69 Å². The molecule has 3 fully saturated rings. The number of halogens is 1. The second-order valence-electron chi connectivity index (χ2n) is 11.0. The molecule has 3 amide bonds. The first-order valence-electron chi connectivity index (χ1n) is 14.0. The summed E-state index contributed by atoms with van der Waals surface area (Å²) in [6.07, 6.45) is 3.83. The number of hydrogen-bond donors (Lipinski definition) is 1. The van der Waals surface area contributed by atoms with Gasteiger partial charge in [-0.15, -0.1) is 13.2 Å². The van der Waals surface area contributed by atoms with E-state index >= 15 is 0 Å². The highest BCUT2D eigenvalue weighted by Gasteiger charge is 2.75. The van der Waals surface area contributed by atoms with Crippen molar-refractivity contribution in [2.45, 2.75) is 50.1 Å². The van der Waals surface area contributed by atoms with Gasteiger partial charge in [0, 0.05) is 30.3 Å². The summed E-state index contributed by atoms with van der Waals surface area (Å²) in [5.41, 5.74) is 0.385. The van der Waals surface area contributed by atoms with Crippen molar-refractivity contribution in [1.82, 2.24) is 9.80 Å². The number of aliphatic hydroxyl groups is 1. The lowest BCUT2D eigenvalue weighted by atomic mass is 9.70. The lowest BCUT2D eigenvalue weighted by Gasteiger charge is -2.38. The minimum absolute atomic E-state index is 0.191. The molecule has 0 radical (unpaired) electrons. The predicted octanol–water partition coefficient (Wildman–Crippen LogP) is 3.83. The van der Waals surface area contributed by atoms with Gasteiger partial charge in [0.15, 0.2) is 0 Å². The van der Waals surface area contributed by atoms with Gasteiger partial charge in [0.2, 0.25) is 11.8 Å². The molecule has 5 rings (SSSR count). The van der Waals surface area contributed by atoms with E-state index in [2.05, 4.69) is 13.2 Å². The summed E-state index contributed by atoms with van der Waals surface area (Å²) >= 11 is 6.10. The Morgan fingerprint density at radius 3 is 2.44 bits per heavy atom. The topological polar surface area (TPSA) is 90.4 Å². The van der Waals surface area contributed by atoms with Crippen LogP contribution in [0.25, 0.3) is 0 Å². The maximum atomic E-state index is 14.5. The lowest BCUT2D eigenvalue weighted by Crippen LogP contribution is -2.58. The number of fused-ring (bicyclic) bond motifs is 1. The molecular weight excluding hydrogens is 542 g/mol. The molecule has 3 aliphatic rings. The Morgan fingerprint density at radius 1 is 1.12 bits per heavy atom. The lowest BCUT2D eigenvalue weighted by molar-refractivity contribution is -0.147. The van der Waals surface area contributed by atoms with Crippen LogP contribution in [0.1, 0.15) is 25.3 Å². The molecule has 2 bridgehead atoms. The minimum atomic E-state index is -1.18. The van der Waals surface area contributed by atoms with Gasteiger partial charge in [-0.05, 0) is 49.6 Å². The summed E-state index contributed by atoms with van der Waals surface area (Å²) in [4.78, 5) is 47.6. The van der Waals surface area contributed by atoms with Gasteiger partial charge >= 0.3 is 0 Å². The molecule has 6 atom stereocenters. The fourth-order valence-electron chi connectivity index (χ4n) is 6.84. The smallest absolute Gasteiger partial charge is 0.253 e. The molecular formula is C32H36ClN3O5. The molecule has 3 heterocycles. The summed E-state index contributed by atoms with van der Waals surface area (Å²) < 4.78 is 6.60. The van der Waals surface area contributed by atoms with Crippen molar-refractivity contribution in [3.05, 3.63) is 90.5 Å². The van der Waals surface area contributed by atoms with E-state index in [4.69, 9.17) is 16.3 Å². The van der Waals surface area contributed by atoms with Crippen molar-refractivity contribution >= 4 is 35.0 Å². The van der Waals surface area contributed by atoms with Crippen molar-refractivity contribution in [3.8, 4) is 0 Å². The molecule has 9 heteroatoms. The first-order chi connectivity index (χ1) is 19.8. The first-order valence-corrected chi connectivity index (χ1v) is 14.4. The molecule has 0 saturated carbocycles. The molecule has 3 aliphatic heterocycles. The largest absolute Gasteiger partial charge is 0.394 e. The number of amides is 3. The van der Waals surface area contributed by atoms with Crippen molar-refractivity contribution in [2.24, 2.45) is 11.8 Å². The Bertz CT molecular complexity index is 1320. The van der Waals surface area contributed by atoms with Crippen molar-refractivity contribution in [3.63, 3.8) is 0 Å². The van der Waals surface area contributed by atoms with E-state index in [-0.39, 0.29) is 30.9 Å². The van der Waals surface area contributed by atoms with Gasteiger partial charge in [-0.25, -0.2) is 0 Å². The highest BCUT2D eigenvalue weighted by Crippen LogP contribution is 2.59. The summed E-state index contributed by atoms with van der Waals surface area (Å²) in [7, 11) is 0. The normalized spacial score (nSPS) is 26.9. The van der Waals surface area contributed by atoms with E-state index < -0.39 is 35.6 Å². The average Bonchev–Trinajstić information content (AvgIpc) is 3.63. The highest BCUT2D eigenvalue weighted by molar-refractivity contribution is 6.30. The van der Waals surface area contributed by atoms with E-state index in [0.29, 0.717) is 36.6 Å². The number of carbonyl (C=O) groups is 3. The fourth-order valence-corrected chi connectivity index (χ4v) is 6.96. The number of likely N-dealkylation sites (tertiary alicyclic amines) is 1. The Hall–Kier alpha value is -3.46. The Morgan fingerprint density at radius 2 is 1.80 bits per heavy atom. The quantitative estimate of drug-likeness (QED) is 0.410. The van der Waals surface area contributed by atoms with Gasteiger partial charge in [-0.1, -0.05) is 54.1 Å². The third-order valence-electron chi connectivity index (χ3n) is 8.59. The summed E-state index contributed by atoms with van der Waals surface area (Å²) in [5, 5.41) is 10.7. The van der Waals surface area contributed by atoms with Gasteiger partial charge < -0.3 is 24.5 Å². The molecule has 41 heavy (non-hydrogen) atoms. The van der Waals surface area contributed by atoms with E-state index in [1.54, 1.807) is 53.1 Å². The zero-order chi connectivity index (χ0) is 29.3. The molecule has 3 saturated heterocycles. The molecule has 1 N–H and O–H groups in total. The average molecular weight is 578 g/mol. The Labute approximate surface area is 245 Å². The number of rotatable bonds is 11. The molecule has 0 aromatic heterocycles. The summed E-state index contributed by atoms with van der Waals surface area (Å²) in [5.74, 6) is -2.45. The van der Waals surface area contributed by atoms with Crippen LogP contribution in [-0.2, 0) is 25.7 Å². The minimum Gasteiger partial charge on any atom is -0.394 e. The molecule has 2 aromatic rings. The van der Waals surface area contributed by atoms with Crippen LogP contribution >= 0.6 is 11.6 Å². The molecule has 1 spiro atoms. The Kier molecular flexibility index (Phi) is 8.36. The summed E-state index contributed by atoms with van der Waals surface area (Å²) in [6.45, 7) is 9.91. The van der Waals surface area contributed by atoms with Gasteiger partial charge in [0.25, 0.3) is 5.91 Å². The number of ether oxygens (including phenoxy) is 1. The van der Waals surface area contributed by atoms with Crippen molar-refractivity contribution in [1.29, 1.82) is 0 Å². The zero-order valence-corrected chi connectivity index (χ0v) is 24.0. The van der Waals surface area contributed by atoms with Crippen LogP contribution in [-0.4, -0.2) is 76.1 Å². The number of aliphatic hydroxyl groups excluding tert-OH is 1. The van der Waals surface area contributed by atoms with Crippen LogP contribution in [0.15, 0.2) is 79.9 Å². The van der Waals surface area contributed by atoms with Crippen LogP contribution in [0, 0.1) is 11.8 Å². The third kappa shape index (κ3) is 4.98. The number of hydrogen-bond acceptors (Lipinski definition) is 5. The van der Waals surface area contributed by atoms with Crippen LogP contribution in [0.2, 0.25) is 5.02 Å². The monoisotopic (exact) mass is 577 g/mol. The first kappa shape index (κ1) is 29.0. The highest BCUT2D eigenvalue weighted by atomic mass is 35.5. The second-order valence-corrected chi connectivity index (χ2v) is 11.5. The molecule has 2 unspecified atom stereocenters. The van der Waals surface area contributed by atoms with Crippen LogP contribution in [0.3, 0.4) is 0 Å². The van der Waals surface area contributed by atoms with Crippen molar-refractivity contribution in [2.75, 3.05) is 24.6 Å². The van der Waals surface area contributed by atoms with Crippen LogP contribution in [0.5, 0.6) is 0 Å². The Balaban J connectivity index is 1.53. The number of nitrogens with zero attached hydrogens (tertiary/aromatic N) is 3. The predicted molar refractivity (Wildman–Crippen MR) is 157 cm³/mol. The second kappa shape index (κ2) is 11.8. The number of carbonyl (C=O) groups excluding carboxylic acids is 3. The number of anilines is 1. The maximum Gasteiger partial charge on any atom is 0.253 e. The standard InChI is InChI=1S/C32H36ClN3O5/c1-4-17-34(19-22-9-7-6-8-10-22)29(38)26-25-15-16-32(41-25)27(26)30(39)36(21(3)20-37)28(32)31(40)35(18-5-2)24-13-11-23(33)12-14-24/h4-14,21,25-28,37H,1-2,15-20H2,3H3/t21-,25+,26-,27+,28?,32?/m1/s1. The van der Waals surface area contributed by atoms with E-state index in [1.165, 1.54) is 4.90 Å². The molecule has 2 aromatic carbocycles. The molecule has 8 nitrogen and oxygen atoms in total. The number of benzene rings is 2. The van der Waals surface area contributed by atoms with Crippen LogP contribution < -0.4 is 4.90 Å². The van der Waals surface area contributed by atoms with Gasteiger partial charge in [0.1, 0.15) is 11.6 Å². The van der Waals surface area contributed by atoms with Gasteiger partial charge in [0.05, 0.1) is 30.6 Å². The van der Waals surface area contributed by atoms with Crippen molar-refractivity contribution < 1.29 is 24.2 Å². The molecule has 216 valence electrons. The van der Waals surface area contributed by atoms with E-state index in [1.807, 2.05) is 30.3 Å². The molecule has 0 aliphatic carbocycles. The van der Waals surface area contributed by atoms with Gasteiger partial charge in [-0.2, -0.15) is 0 Å². The fraction of sp³-hybridized carbons (Fsp3) is 0.406. The van der Waals surface area contributed by atoms with E-state index in [0.717, 1.165) is 5.56 Å². The van der Waals surface area contributed by atoms with E-state index in [9.17, 15) is 19.5 Å². The van der Waals surface area contributed by atoms with Gasteiger partial charge in [-0.3, -0.25) is 14.4 Å². The third-order valence-corrected chi connectivity index (χ3v) is 8.84. The SMILES string of the molecule is C=CCN(Cc1ccccc1)C(=O)[C@@H]1[C@@H]2CCC3(O2)C(C(=O)N(CC=C)c2ccc(Cl)cc2)N([C@H](C)CO)C(=O)[C@H]13. The summed E-state index contributed by atoms with van der Waals surface area (Å²) in [6, 6.07) is 14.9. The zero-order valence-electron chi connectivity index (χ0n) is 23.2. The maximum absolute atomic E-state index is 14.5.